The lowest BCUT2D eigenvalue weighted by Crippen LogP contribution is -2.19. The number of ether oxygens (including phenoxy) is 1. The summed E-state index contributed by atoms with van der Waals surface area (Å²) < 4.78 is 10.2. The monoisotopic (exact) mass is 369 g/mol. The van der Waals surface area contributed by atoms with Crippen molar-refractivity contribution in [1.29, 1.82) is 0 Å². The van der Waals surface area contributed by atoms with E-state index in [1.54, 1.807) is 6.21 Å². The molecule has 0 radical (unpaired) electrons. The van der Waals surface area contributed by atoms with Crippen LogP contribution in [0.4, 0.5) is 0 Å². The van der Waals surface area contributed by atoms with E-state index in [0.29, 0.717) is 0 Å². The van der Waals surface area contributed by atoms with Crippen molar-refractivity contribution in [3.05, 3.63) is 58.7 Å². The van der Waals surface area contributed by atoms with Gasteiger partial charge in [-0.15, -0.1) is 5.10 Å². The molecule has 1 amide bonds. The number of thioether (sulfide) groups is 1. The number of amidine groups is 1. The van der Waals surface area contributed by atoms with E-state index in [0.717, 1.165) is 40.5 Å². The average Bonchev–Trinajstić information content (AvgIpc) is 3.21. The van der Waals surface area contributed by atoms with Gasteiger partial charge in [0.2, 0.25) is 0 Å². The van der Waals surface area contributed by atoms with Gasteiger partial charge in [-0.25, -0.2) is 4.79 Å². The van der Waals surface area contributed by atoms with Crippen LogP contribution in [0.1, 0.15) is 11.3 Å². The molecule has 132 valence electrons. The second kappa shape index (κ2) is 7.83. The summed E-state index contributed by atoms with van der Waals surface area (Å²) in [7, 11) is 1.24. The molecule has 3 rings (SSSR count). The predicted octanol–water partition coefficient (Wildman–Crippen LogP) is 2.86. The molecule has 0 bridgehead atoms. The Morgan fingerprint density at radius 3 is 2.81 bits per heavy atom. The molecule has 2 heterocycles. The molecule has 1 aliphatic heterocycles. The molecule has 0 atom stereocenters. The van der Waals surface area contributed by atoms with Crippen molar-refractivity contribution in [3.63, 3.8) is 0 Å². The molecule has 1 aliphatic rings. The zero-order valence-electron chi connectivity index (χ0n) is 14.1. The Hall–Kier alpha value is -3.13. The highest BCUT2D eigenvalue weighted by Gasteiger charge is 2.25. The van der Waals surface area contributed by atoms with Crippen molar-refractivity contribution >= 4 is 35.0 Å². The van der Waals surface area contributed by atoms with Crippen LogP contribution in [-0.4, -0.2) is 30.4 Å². The van der Waals surface area contributed by atoms with Gasteiger partial charge in [-0.1, -0.05) is 24.3 Å². The van der Waals surface area contributed by atoms with Crippen molar-refractivity contribution in [2.45, 2.75) is 6.92 Å². The number of carbonyl (C=O) groups is 2. The van der Waals surface area contributed by atoms with E-state index in [4.69, 9.17) is 4.42 Å². The van der Waals surface area contributed by atoms with Crippen LogP contribution in [0.3, 0.4) is 0 Å². The zero-order chi connectivity index (χ0) is 18.5. The van der Waals surface area contributed by atoms with Gasteiger partial charge in [0.25, 0.3) is 5.91 Å². The summed E-state index contributed by atoms with van der Waals surface area (Å²) in [6.07, 6.45) is 2.69. The van der Waals surface area contributed by atoms with Gasteiger partial charge in [0, 0.05) is 17.2 Å². The van der Waals surface area contributed by atoms with E-state index in [-0.39, 0.29) is 10.1 Å². The van der Waals surface area contributed by atoms with Crippen LogP contribution >= 0.6 is 11.8 Å². The van der Waals surface area contributed by atoms with Crippen molar-refractivity contribution in [2.24, 2.45) is 10.2 Å². The lowest BCUT2D eigenvalue weighted by molar-refractivity contribution is -0.135. The van der Waals surface area contributed by atoms with E-state index in [1.807, 2.05) is 43.3 Å². The standard InChI is InChI=1S/C18H15N3O4S/c1-11-7-8-14(25-11)13-6-4-3-5-12(13)10-19-21-18-20-17(23)15(26-18)9-16(22)24-2/h3-10H,1-2H3,(H,20,21,23)/b15-9+,19-10?. The number of nitrogens with one attached hydrogen (secondary N) is 1. The van der Waals surface area contributed by atoms with Crippen LogP contribution in [0.2, 0.25) is 0 Å². The second-order valence-electron chi connectivity index (χ2n) is 5.24. The van der Waals surface area contributed by atoms with Gasteiger partial charge in [0.1, 0.15) is 11.5 Å². The molecule has 1 aromatic heterocycles. The fraction of sp³-hybridized carbons (Fsp3) is 0.111. The van der Waals surface area contributed by atoms with Crippen molar-refractivity contribution in [1.82, 2.24) is 5.32 Å². The fourth-order valence-electron chi connectivity index (χ4n) is 2.20. The van der Waals surface area contributed by atoms with Gasteiger partial charge in [-0.05, 0) is 30.8 Å². The number of rotatable bonds is 4. The minimum Gasteiger partial charge on any atom is -0.466 e. The summed E-state index contributed by atoms with van der Waals surface area (Å²) >= 11 is 1.02. The van der Waals surface area contributed by atoms with Gasteiger partial charge in [0.15, 0.2) is 5.17 Å². The largest absolute Gasteiger partial charge is 0.466 e. The number of aryl methyl sites for hydroxylation is 1. The van der Waals surface area contributed by atoms with Crippen LogP contribution in [0, 0.1) is 6.92 Å². The number of hydrogen-bond acceptors (Lipinski definition) is 7. The summed E-state index contributed by atoms with van der Waals surface area (Å²) in [4.78, 5) is 23.2. The third-order valence-corrected chi connectivity index (χ3v) is 4.31. The topological polar surface area (TPSA) is 93.3 Å². The molecular weight excluding hydrogens is 354 g/mol. The molecule has 0 saturated carbocycles. The van der Waals surface area contributed by atoms with Gasteiger partial charge in [-0.3, -0.25) is 10.1 Å². The number of benzene rings is 1. The molecule has 0 spiro atoms. The van der Waals surface area contributed by atoms with Gasteiger partial charge < -0.3 is 9.15 Å². The number of esters is 1. The Balaban J connectivity index is 1.78. The SMILES string of the molecule is COC(=O)/C=C1/S/C(=N\N=Cc2ccccc2-c2ccc(C)o2)NC1=O. The van der Waals surface area contributed by atoms with E-state index in [9.17, 15) is 9.59 Å². The quantitative estimate of drug-likeness (QED) is 0.387. The molecule has 26 heavy (non-hydrogen) atoms. The Kier molecular flexibility index (Phi) is 5.33. The molecule has 7 nitrogen and oxygen atoms in total. The molecule has 1 saturated heterocycles. The maximum atomic E-state index is 11.8. The summed E-state index contributed by atoms with van der Waals surface area (Å²) in [6, 6.07) is 11.4. The molecule has 1 aromatic carbocycles. The smallest absolute Gasteiger partial charge is 0.331 e. The first-order valence-electron chi connectivity index (χ1n) is 7.62. The Morgan fingerprint density at radius 1 is 1.27 bits per heavy atom. The van der Waals surface area contributed by atoms with Crippen molar-refractivity contribution in [2.75, 3.05) is 7.11 Å². The minimum absolute atomic E-state index is 0.206. The van der Waals surface area contributed by atoms with E-state index >= 15 is 0 Å². The molecule has 1 fully saturated rings. The first-order valence-corrected chi connectivity index (χ1v) is 8.44. The molecule has 0 aliphatic carbocycles. The third kappa shape index (κ3) is 4.09. The molecule has 8 heteroatoms. The highest BCUT2D eigenvalue weighted by molar-refractivity contribution is 8.18. The molecule has 1 N–H and O–H groups in total. The average molecular weight is 369 g/mol. The maximum absolute atomic E-state index is 11.8. The number of carbonyl (C=O) groups excluding carboxylic acids is 2. The van der Waals surface area contributed by atoms with Gasteiger partial charge in [0.05, 0.1) is 18.2 Å². The zero-order valence-corrected chi connectivity index (χ0v) is 14.9. The predicted molar refractivity (Wildman–Crippen MR) is 99.7 cm³/mol. The van der Waals surface area contributed by atoms with Crippen LogP contribution in [0.5, 0.6) is 0 Å². The summed E-state index contributed by atoms with van der Waals surface area (Å²) in [5.74, 6) is 0.543. The summed E-state index contributed by atoms with van der Waals surface area (Å²) in [6.45, 7) is 1.88. The second-order valence-corrected chi connectivity index (χ2v) is 6.27. The van der Waals surface area contributed by atoms with E-state index in [1.165, 1.54) is 7.11 Å². The highest BCUT2D eigenvalue weighted by Crippen LogP contribution is 2.25. The lowest BCUT2D eigenvalue weighted by atomic mass is 10.1. The van der Waals surface area contributed by atoms with E-state index < -0.39 is 11.9 Å². The highest BCUT2D eigenvalue weighted by atomic mass is 32.2. The number of methoxy groups -OCH3 is 1. The van der Waals surface area contributed by atoms with Crippen LogP contribution in [0.25, 0.3) is 11.3 Å². The minimum atomic E-state index is -0.602. The normalized spacial score (nSPS) is 17.2. The van der Waals surface area contributed by atoms with Crippen molar-refractivity contribution < 1.29 is 18.7 Å². The number of hydrogen-bond donors (Lipinski definition) is 1. The summed E-state index contributed by atoms with van der Waals surface area (Å²) in [5.41, 5.74) is 1.71. The molecule has 0 unspecified atom stereocenters. The van der Waals surface area contributed by atoms with Crippen LogP contribution < -0.4 is 5.32 Å². The van der Waals surface area contributed by atoms with Gasteiger partial charge in [-0.2, -0.15) is 5.10 Å². The maximum Gasteiger partial charge on any atom is 0.331 e. The Bertz CT molecular complexity index is 943. The van der Waals surface area contributed by atoms with Crippen LogP contribution in [0.15, 0.2) is 62.0 Å². The molecular formula is C18H15N3O4S. The number of nitrogens with zero attached hydrogens (tertiary/aromatic N) is 2. The fourth-order valence-corrected chi connectivity index (χ4v) is 2.94. The first-order chi connectivity index (χ1) is 12.6. The summed E-state index contributed by atoms with van der Waals surface area (Å²) in [5, 5.41) is 10.8. The van der Waals surface area contributed by atoms with E-state index in [2.05, 4.69) is 20.3 Å². The molecule has 2 aromatic rings. The van der Waals surface area contributed by atoms with Gasteiger partial charge >= 0.3 is 5.97 Å². The number of furan rings is 1. The van der Waals surface area contributed by atoms with Crippen LogP contribution in [-0.2, 0) is 14.3 Å². The Morgan fingerprint density at radius 2 is 2.08 bits per heavy atom. The van der Waals surface area contributed by atoms with Crippen molar-refractivity contribution in [3.8, 4) is 11.3 Å². The first kappa shape index (κ1) is 17.7. The number of amides is 1. The third-order valence-electron chi connectivity index (χ3n) is 3.41. The Labute approximate surface area is 153 Å². The lowest BCUT2D eigenvalue weighted by Gasteiger charge is -2.01.